The standard InChI is InChI=1S/2C8H11.Mo.2H/c2*1-7(2)8-5-3-4-6-8;;;/h2*3-7H,1-2H3;;;. The van der Waals surface area contributed by atoms with Crippen molar-refractivity contribution in [1.82, 2.24) is 0 Å². The Labute approximate surface area is 114 Å². The number of hydrogen-bond acceptors (Lipinski definition) is 0. The molecular formula is C16H24Mo. The van der Waals surface area contributed by atoms with Crippen molar-refractivity contribution in [2.24, 2.45) is 11.8 Å². The third kappa shape index (κ3) is 2.29. The van der Waals surface area contributed by atoms with Gasteiger partial charge in [-0.2, -0.15) is 0 Å². The van der Waals surface area contributed by atoms with Crippen LogP contribution in [0.15, 0.2) is 48.6 Å². The maximum atomic E-state index is 2.47. The van der Waals surface area contributed by atoms with Crippen molar-refractivity contribution in [1.29, 1.82) is 0 Å². The van der Waals surface area contributed by atoms with Crippen molar-refractivity contribution in [2.75, 3.05) is 0 Å². The van der Waals surface area contributed by atoms with Crippen molar-refractivity contribution < 1.29 is 18.6 Å². The zero-order valence-corrected chi connectivity index (χ0v) is 13.7. The van der Waals surface area contributed by atoms with Crippen LogP contribution in [0.1, 0.15) is 27.7 Å². The van der Waals surface area contributed by atoms with E-state index in [1.165, 1.54) is 0 Å². The van der Waals surface area contributed by atoms with Gasteiger partial charge in [-0.05, 0) is 0 Å². The zero-order chi connectivity index (χ0) is 12.5. The molecule has 0 aromatic heterocycles. The first-order valence-electron chi connectivity index (χ1n) is 6.54. The summed E-state index contributed by atoms with van der Waals surface area (Å²) in [5.41, 5.74) is 0. The SMILES string of the molecule is CC(C)[C]1([MoH2][C]2(C(C)C)C=CC=C2)C=CC=C1. The maximum absolute atomic E-state index is 2.47. The van der Waals surface area contributed by atoms with Gasteiger partial charge in [0.1, 0.15) is 0 Å². The summed E-state index contributed by atoms with van der Waals surface area (Å²) in [5.74, 6) is 1.45. The predicted molar refractivity (Wildman–Crippen MR) is 74.4 cm³/mol. The molecule has 94 valence electrons. The third-order valence-electron chi connectivity index (χ3n) is 4.05. The molecule has 0 amide bonds. The van der Waals surface area contributed by atoms with Crippen LogP contribution in [-0.4, -0.2) is 0 Å². The van der Waals surface area contributed by atoms with Gasteiger partial charge in [0.05, 0.1) is 0 Å². The van der Waals surface area contributed by atoms with E-state index in [1.807, 2.05) is 0 Å². The average Bonchev–Trinajstić information content (AvgIpc) is 2.88. The number of hydrogen-bond donors (Lipinski definition) is 0. The van der Waals surface area contributed by atoms with Gasteiger partial charge in [0.25, 0.3) is 0 Å². The van der Waals surface area contributed by atoms with Gasteiger partial charge >= 0.3 is 114 Å². The molecule has 0 aromatic rings. The molecule has 0 atom stereocenters. The fourth-order valence-electron chi connectivity index (χ4n) is 2.57. The van der Waals surface area contributed by atoms with Crippen LogP contribution >= 0.6 is 0 Å². The van der Waals surface area contributed by atoms with Gasteiger partial charge in [-0.25, -0.2) is 0 Å². The van der Waals surface area contributed by atoms with E-state index in [4.69, 9.17) is 0 Å². The first kappa shape index (κ1) is 13.1. The second kappa shape index (κ2) is 4.73. The molecule has 0 aromatic carbocycles. The molecule has 0 fully saturated rings. The quantitative estimate of drug-likeness (QED) is 0.674. The Bertz CT molecular complexity index is 332. The predicted octanol–water partition coefficient (Wildman–Crippen LogP) is 4.41. The minimum atomic E-state index is -0.624. The van der Waals surface area contributed by atoms with E-state index in [-0.39, 0.29) is 0 Å². The summed E-state index contributed by atoms with van der Waals surface area (Å²) in [7, 11) is 0. The van der Waals surface area contributed by atoms with Gasteiger partial charge in [-0.1, -0.05) is 0 Å². The molecule has 0 heterocycles. The van der Waals surface area contributed by atoms with Crippen LogP contribution in [0.3, 0.4) is 0 Å². The molecule has 2 aliphatic carbocycles. The molecule has 0 unspecified atom stereocenters. The second-order valence-electron chi connectivity index (χ2n) is 5.74. The Balaban J connectivity index is 2.30. The Morgan fingerprint density at radius 1 is 0.647 bits per heavy atom. The van der Waals surface area contributed by atoms with E-state index in [1.54, 1.807) is 0 Å². The summed E-state index contributed by atoms with van der Waals surface area (Å²) in [6, 6.07) is 0. The van der Waals surface area contributed by atoms with Gasteiger partial charge < -0.3 is 0 Å². The van der Waals surface area contributed by atoms with Gasteiger partial charge in [0.15, 0.2) is 0 Å². The third-order valence-corrected chi connectivity index (χ3v) is 10.7. The van der Waals surface area contributed by atoms with Gasteiger partial charge in [-0.3, -0.25) is 0 Å². The van der Waals surface area contributed by atoms with E-state index in [0.717, 1.165) is 11.8 Å². The van der Waals surface area contributed by atoms with E-state index < -0.39 is 18.6 Å². The molecular weight excluding hydrogens is 288 g/mol. The Morgan fingerprint density at radius 3 is 1.18 bits per heavy atom. The van der Waals surface area contributed by atoms with Crippen LogP contribution in [0, 0.1) is 11.8 Å². The number of allylic oxidation sites excluding steroid dienone is 8. The second-order valence-corrected chi connectivity index (χ2v) is 10.6. The van der Waals surface area contributed by atoms with E-state index >= 15 is 0 Å². The summed E-state index contributed by atoms with van der Waals surface area (Å²) in [4.78, 5) is 0. The summed E-state index contributed by atoms with van der Waals surface area (Å²) in [6.45, 7) is 9.49. The molecule has 0 aliphatic heterocycles. The van der Waals surface area contributed by atoms with Gasteiger partial charge in [-0.15, -0.1) is 0 Å². The van der Waals surface area contributed by atoms with Crippen LogP contribution in [-0.2, 0) is 18.6 Å². The van der Waals surface area contributed by atoms with E-state index in [9.17, 15) is 0 Å². The summed E-state index contributed by atoms with van der Waals surface area (Å²) in [6.07, 6.45) is 18.9. The zero-order valence-electron chi connectivity index (χ0n) is 11.3. The van der Waals surface area contributed by atoms with Crippen molar-refractivity contribution in [2.45, 2.75) is 35.3 Å². The molecule has 2 rings (SSSR count). The van der Waals surface area contributed by atoms with Crippen LogP contribution < -0.4 is 0 Å². The van der Waals surface area contributed by atoms with E-state index in [2.05, 4.69) is 76.3 Å². The monoisotopic (exact) mass is 314 g/mol. The molecule has 0 saturated heterocycles. The van der Waals surface area contributed by atoms with Crippen molar-refractivity contribution in [3.63, 3.8) is 0 Å². The molecule has 2 aliphatic rings. The summed E-state index contributed by atoms with van der Waals surface area (Å²) < 4.78 is 0.819. The Hall–Kier alpha value is -0.352. The van der Waals surface area contributed by atoms with E-state index in [0.29, 0.717) is 7.61 Å². The van der Waals surface area contributed by atoms with Crippen LogP contribution in [0.4, 0.5) is 0 Å². The Morgan fingerprint density at radius 2 is 0.941 bits per heavy atom. The summed E-state index contributed by atoms with van der Waals surface area (Å²) >= 11 is -0.624. The molecule has 0 N–H and O–H groups in total. The van der Waals surface area contributed by atoms with Crippen LogP contribution in [0.2, 0.25) is 7.61 Å². The molecule has 0 spiro atoms. The summed E-state index contributed by atoms with van der Waals surface area (Å²) in [5, 5.41) is 0. The van der Waals surface area contributed by atoms with Crippen LogP contribution in [0.5, 0.6) is 0 Å². The minimum absolute atomic E-state index is 0.409. The molecule has 1 heteroatoms. The number of rotatable bonds is 4. The van der Waals surface area contributed by atoms with Gasteiger partial charge in [0, 0.05) is 0 Å². The molecule has 17 heavy (non-hydrogen) atoms. The fourth-order valence-corrected chi connectivity index (χ4v) is 7.60. The van der Waals surface area contributed by atoms with Crippen molar-refractivity contribution in [3.8, 4) is 0 Å². The van der Waals surface area contributed by atoms with Crippen molar-refractivity contribution in [3.05, 3.63) is 48.6 Å². The van der Waals surface area contributed by atoms with Crippen molar-refractivity contribution >= 4 is 0 Å². The normalized spacial score (nSPS) is 23.6. The van der Waals surface area contributed by atoms with Crippen LogP contribution in [0.25, 0.3) is 0 Å². The molecule has 0 bridgehead atoms. The Kier molecular flexibility index (Phi) is 3.64. The topological polar surface area (TPSA) is 0 Å². The first-order chi connectivity index (χ1) is 8.01. The van der Waals surface area contributed by atoms with Gasteiger partial charge in [0.2, 0.25) is 0 Å². The fraction of sp³-hybridized carbons (Fsp3) is 0.500. The molecule has 0 radical (unpaired) electrons. The average molecular weight is 312 g/mol. The first-order valence-corrected chi connectivity index (χ1v) is 9.00. The molecule has 0 nitrogen and oxygen atoms in total. The molecule has 0 saturated carbocycles.